The molecule has 1 fully saturated rings. The molecule has 0 heterocycles. The average molecular weight is 341 g/mol. The Balaban J connectivity index is 1.79. The molecule has 1 saturated carbocycles. The molecule has 0 radical (unpaired) electrons. The molecule has 3 N–H and O–H groups in total. The Morgan fingerprint density at radius 3 is 2.65 bits per heavy atom. The lowest BCUT2D eigenvalue weighted by atomic mass is 10.1. The van der Waals surface area contributed by atoms with Crippen LogP contribution in [0.5, 0.6) is 5.75 Å². The van der Waals surface area contributed by atoms with Crippen molar-refractivity contribution in [2.45, 2.75) is 44.6 Å². The van der Waals surface area contributed by atoms with Crippen molar-refractivity contribution in [2.24, 2.45) is 0 Å². The number of carbonyl (C=O) groups excluding carboxylic acids is 1. The van der Waals surface area contributed by atoms with Gasteiger partial charge in [0.25, 0.3) is 5.91 Å². The molecule has 4 nitrogen and oxygen atoms in total. The third-order valence-electron chi connectivity index (χ3n) is 3.55. The lowest BCUT2D eigenvalue weighted by Crippen LogP contribution is -2.37. The smallest absolute Gasteiger partial charge is 0.258 e. The fourth-order valence-corrected chi connectivity index (χ4v) is 2.87. The zero-order valence-electron chi connectivity index (χ0n) is 11.5. The van der Waals surface area contributed by atoms with Crippen LogP contribution in [0, 0.1) is 0 Å². The minimum Gasteiger partial charge on any atom is -0.482 e. The van der Waals surface area contributed by atoms with Gasteiger partial charge in [-0.1, -0.05) is 41.6 Å². The standard InChI is InChI=1S/C15H21BrN2O2/c16-11-7-8-14(13(17)9-11)20-10-15(19)18-12-5-3-1-2-4-6-12/h7-9,12H,1-6,10,17H2,(H,18,19). The van der Waals surface area contributed by atoms with E-state index in [9.17, 15) is 4.79 Å². The number of amides is 1. The number of ether oxygens (including phenoxy) is 1. The first-order valence-corrected chi connectivity index (χ1v) is 7.91. The van der Waals surface area contributed by atoms with E-state index in [0.29, 0.717) is 17.5 Å². The van der Waals surface area contributed by atoms with Crippen LogP contribution in [-0.2, 0) is 4.79 Å². The summed E-state index contributed by atoms with van der Waals surface area (Å²) in [5.41, 5.74) is 6.36. The fraction of sp³-hybridized carbons (Fsp3) is 0.533. The van der Waals surface area contributed by atoms with Crippen LogP contribution in [-0.4, -0.2) is 18.6 Å². The second-order valence-electron chi connectivity index (χ2n) is 5.23. The minimum absolute atomic E-state index is 0.0162. The highest BCUT2D eigenvalue weighted by Crippen LogP contribution is 2.25. The van der Waals surface area contributed by atoms with Crippen LogP contribution in [0.2, 0.25) is 0 Å². The summed E-state index contributed by atoms with van der Waals surface area (Å²) in [6.07, 6.45) is 7.10. The van der Waals surface area contributed by atoms with Crippen LogP contribution >= 0.6 is 15.9 Å². The number of hydrogen-bond acceptors (Lipinski definition) is 3. The predicted octanol–water partition coefficient (Wildman–Crippen LogP) is 3.25. The lowest BCUT2D eigenvalue weighted by molar-refractivity contribution is -0.123. The SMILES string of the molecule is Nc1cc(Br)ccc1OCC(=O)NC1CCCCCC1. The molecule has 1 aliphatic rings. The maximum absolute atomic E-state index is 11.9. The number of anilines is 1. The molecular formula is C15H21BrN2O2. The molecule has 0 saturated heterocycles. The van der Waals surface area contributed by atoms with Crippen molar-refractivity contribution < 1.29 is 9.53 Å². The van der Waals surface area contributed by atoms with Gasteiger partial charge in [0.1, 0.15) is 5.75 Å². The molecule has 0 bridgehead atoms. The second kappa shape index (κ2) is 7.53. The molecule has 2 rings (SSSR count). The molecule has 5 heteroatoms. The summed E-state index contributed by atoms with van der Waals surface area (Å²) in [6.45, 7) is 0.0162. The molecule has 20 heavy (non-hydrogen) atoms. The number of nitrogen functional groups attached to an aromatic ring is 1. The Kier molecular flexibility index (Phi) is 5.71. The summed E-state index contributed by atoms with van der Waals surface area (Å²) in [7, 11) is 0. The van der Waals surface area contributed by atoms with Crippen molar-refractivity contribution in [3.8, 4) is 5.75 Å². The first-order valence-electron chi connectivity index (χ1n) is 7.12. The van der Waals surface area contributed by atoms with Crippen molar-refractivity contribution in [1.82, 2.24) is 5.32 Å². The molecule has 0 aliphatic heterocycles. The third kappa shape index (κ3) is 4.71. The van der Waals surface area contributed by atoms with Gasteiger partial charge in [-0.2, -0.15) is 0 Å². The van der Waals surface area contributed by atoms with Crippen molar-refractivity contribution >= 4 is 27.5 Å². The second-order valence-corrected chi connectivity index (χ2v) is 6.14. The predicted molar refractivity (Wildman–Crippen MR) is 83.7 cm³/mol. The molecule has 110 valence electrons. The van der Waals surface area contributed by atoms with E-state index in [4.69, 9.17) is 10.5 Å². The van der Waals surface area contributed by atoms with Crippen LogP contribution in [0.25, 0.3) is 0 Å². The van der Waals surface area contributed by atoms with Crippen molar-refractivity contribution in [2.75, 3.05) is 12.3 Å². The molecule has 1 aliphatic carbocycles. The molecule has 0 aromatic heterocycles. The number of nitrogens with two attached hydrogens (primary N) is 1. The van der Waals surface area contributed by atoms with Crippen molar-refractivity contribution in [3.63, 3.8) is 0 Å². The number of nitrogens with one attached hydrogen (secondary N) is 1. The monoisotopic (exact) mass is 340 g/mol. The maximum atomic E-state index is 11.9. The van der Waals surface area contributed by atoms with Gasteiger partial charge in [-0.05, 0) is 31.0 Å². The van der Waals surface area contributed by atoms with Gasteiger partial charge in [0.05, 0.1) is 5.69 Å². The zero-order valence-corrected chi connectivity index (χ0v) is 13.1. The van der Waals surface area contributed by atoms with E-state index in [-0.39, 0.29) is 12.5 Å². The van der Waals surface area contributed by atoms with E-state index in [1.807, 2.05) is 6.07 Å². The zero-order chi connectivity index (χ0) is 14.4. The van der Waals surface area contributed by atoms with Gasteiger partial charge < -0.3 is 15.8 Å². The normalized spacial score (nSPS) is 16.4. The molecule has 0 unspecified atom stereocenters. The minimum atomic E-state index is -0.0702. The number of benzene rings is 1. The first kappa shape index (κ1) is 15.2. The summed E-state index contributed by atoms with van der Waals surface area (Å²) < 4.78 is 6.36. The summed E-state index contributed by atoms with van der Waals surface area (Å²) in [4.78, 5) is 11.9. The van der Waals surface area contributed by atoms with Crippen LogP contribution in [0.15, 0.2) is 22.7 Å². The third-order valence-corrected chi connectivity index (χ3v) is 4.04. The number of carbonyl (C=O) groups is 1. The Labute approximate surface area is 128 Å². The van der Waals surface area contributed by atoms with E-state index in [2.05, 4.69) is 21.2 Å². The Hall–Kier alpha value is -1.23. The fourth-order valence-electron chi connectivity index (χ4n) is 2.49. The molecule has 0 atom stereocenters. The topological polar surface area (TPSA) is 64.3 Å². The first-order chi connectivity index (χ1) is 9.65. The van der Waals surface area contributed by atoms with Gasteiger partial charge in [-0.3, -0.25) is 4.79 Å². The summed E-state index contributed by atoms with van der Waals surface area (Å²) in [5, 5.41) is 3.05. The van der Waals surface area contributed by atoms with Gasteiger partial charge in [0.2, 0.25) is 0 Å². The van der Waals surface area contributed by atoms with Gasteiger partial charge in [0, 0.05) is 10.5 Å². The lowest BCUT2D eigenvalue weighted by Gasteiger charge is -2.16. The Morgan fingerprint density at radius 1 is 1.30 bits per heavy atom. The highest BCUT2D eigenvalue weighted by molar-refractivity contribution is 9.10. The van der Waals surface area contributed by atoms with Crippen LogP contribution in [0.4, 0.5) is 5.69 Å². The summed E-state index contributed by atoms with van der Waals surface area (Å²) in [5.74, 6) is 0.475. The van der Waals surface area contributed by atoms with Crippen LogP contribution < -0.4 is 15.8 Å². The Bertz CT molecular complexity index is 457. The molecule has 1 amide bonds. The van der Waals surface area contributed by atoms with Crippen molar-refractivity contribution in [3.05, 3.63) is 22.7 Å². The molecular weight excluding hydrogens is 320 g/mol. The maximum Gasteiger partial charge on any atom is 0.258 e. The van der Waals surface area contributed by atoms with E-state index in [0.717, 1.165) is 17.3 Å². The van der Waals surface area contributed by atoms with Crippen molar-refractivity contribution in [1.29, 1.82) is 0 Å². The van der Waals surface area contributed by atoms with Gasteiger partial charge >= 0.3 is 0 Å². The average Bonchev–Trinajstić information content (AvgIpc) is 2.66. The molecule has 1 aromatic rings. The summed E-state index contributed by atoms with van der Waals surface area (Å²) >= 11 is 3.33. The largest absolute Gasteiger partial charge is 0.482 e. The van der Waals surface area contributed by atoms with Crippen LogP contribution in [0.1, 0.15) is 38.5 Å². The Morgan fingerprint density at radius 2 is 2.00 bits per heavy atom. The van der Waals surface area contributed by atoms with E-state index >= 15 is 0 Å². The van der Waals surface area contributed by atoms with Crippen LogP contribution in [0.3, 0.4) is 0 Å². The quantitative estimate of drug-likeness (QED) is 0.653. The van der Waals surface area contributed by atoms with E-state index in [1.165, 1.54) is 25.7 Å². The van der Waals surface area contributed by atoms with Gasteiger partial charge in [-0.25, -0.2) is 0 Å². The van der Waals surface area contributed by atoms with Gasteiger partial charge in [-0.15, -0.1) is 0 Å². The number of halogens is 1. The number of hydrogen-bond donors (Lipinski definition) is 2. The molecule has 1 aromatic carbocycles. The number of rotatable bonds is 4. The van der Waals surface area contributed by atoms with Gasteiger partial charge in [0.15, 0.2) is 6.61 Å². The highest BCUT2D eigenvalue weighted by atomic mass is 79.9. The van der Waals surface area contributed by atoms with E-state index in [1.54, 1.807) is 12.1 Å². The summed E-state index contributed by atoms with van der Waals surface area (Å²) in [6, 6.07) is 5.67. The van der Waals surface area contributed by atoms with E-state index < -0.39 is 0 Å². The highest BCUT2D eigenvalue weighted by Gasteiger charge is 2.15. The molecule has 0 spiro atoms.